The largest absolute Gasteiger partial charge is 0.465 e. The first-order valence-electron chi connectivity index (χ1n) is 7.86. The van der Waals surface area contributed by atoms with Crippen LogP contribution in [0, 0.1) is 11.8 Å². The molecule has 1 saturated heterocycles. The van der Waals surface area contributed by atoms with Crippen LogP contribution in [0.1, 0.15) is 36.8 Å². The van der Waals surface area contributed by atoms with E-state index in [0.29, 0.717) is 6.61 Å². The van der Waals surface area contributed by atoms with Gasteiger partial charge in [0, 0.05) is 0 Å². The Morgan fingerprint density at radius 1 is 1.32 bits per heavy atom. The van der Waals surface area contributed by atoms with E-state index in [0.717, 1.165) is 37.7 Å². The predicted molar refractivity (Wildman–Crippen MR) is 88.5 cm³/mol. The third-order valence-electron chi connectivity index (χ3n) is 4.25. The number of carbonyl (C=O) groups is 1. The second kappa shape index (κ2) is 8.37. The number of rotatable bonds is 7. The average Bonchev–Trinajstić information content (AvgIpc) is 2.54. The van der Waals surface area contributed by atoms with Crippen LogP contribution in [0.4, 0.5) is 0 Å². The maximum atomic E-state index is 11.8. The Morgan fingerprint density at radius 3 is 2.77 bits per heavy atom. The zero-order valence-electron chi connectivity index (χ0n) is 12.9. The fraction of sp³-hybridized carbons (Fsp3) is 0.444. The number of hydrazone groups is 1. The van der Waals surface area contributed by atoms with Gasteiger partial charge in [-0.05, 0) is 42.7 Å². The Balaban J connectivity index is 1.76. The Labute approximate surface area is 132 Å². The highest BCUT2D eigenvalue weighted by atomic mass is 16.5. The number of benzene rings is 1. The minimum absolute atomic E-state index is 0.00519. The van der Waals surface area contributed by atoms with Crippen LogP contribution in [-0.2, 0) is 16.0 Å². The Kier molecular flexibility index (Phi) is 6.19. The summed E-state index contributed by atoms with van der Waals surface area (Å²) in [5.74, 6) is 5.34. The van der Waals surface area contributed by atoms with Crippen molar-refractivity contribution in [3.05, 3.63) is 48.0 Å². The van der Waals surface area contributed by atoms with Gasteiger partial charge >= 0.3 is 5.97 Å². The maximum Gasteiger partial charge on any atom is 0.309 e. The SMILES string of the molecule is C=CC1CCOC(=O)C1CCCCc1ccc(C=NN)cc1. The zero-order chi connectivity index (χ0) is 15.8. The lowest BCUT2D eigenvalue weighted by Gasteiger charge is -2.27. The van der Waals surface area contributed by atoms with Gasteiger partial charge in [0.2, 0.25) is 0 Å². The lowest BCUT2D eigenvalue weighted by atomic mass is 9.84. The molecule has 0 amide bonds. The molecule has 118 valence electrons. The smallest absolute Gasteiger partial charge is 0.309 e. The lowest BCUT2D eigenvalue weighted by molar-refractivity contribution is -0.155. The quantitative estimate of drug-likeness (QED) is 0.210. The maximum absolute atomic E-state index is 11.8. The molecule has 2 unspecified atom stereocenters. The summed E-state index contributed by atoms with van der Waals surface area (Å²) in [6.07, 6.45) is 8.43. The van der Waals surface area contributed by atoms with Gasteiger partial charge in [0.05, 0.1) is 18.7 Å². The van der Waals surface area contributed by atoms with Gasteiger partial charge in [0.1, 0.15) is 0 Å². The van der Waals surface area contributed by atoms with E-state index in [1.165, 1.54) is 5.56 Å². The first-order valence-corrected chi connectivity index (χ1v) is 7.86. The summed E-state index contributed by atoms with van der Waals surface area (Å²) in [7, 11) is 0. The summed E-state index contributed by atoms with van der Waals surface area (Å²) >= 11 is 0. The molecular weight excluding hydrogens is 276 g/mol. The molecule has 1 heterocycles. The molecule has 0 radical (unpaired) electrons. The minimum atomic E-state index is -0.0541. The molecule has 1 aromatic carbocycles. The lowest BCUT2D eigenvalue weighted by Crippen LogP contribution is -2.31. The van der Waals surface area contributed by atoms with Crippen molar-refractivity contribution in [1.82, 2.24) is 0 Å². The number of carbonyl (C=O) groups excluding carboxylic acids is 1. The molecule has 0 bridgehead atoms. The summed E-state index contributed by atoms with van der Waals surface area (Å²) in [6, 6.07) is 8.22. The van der Waals surface area contributed by atoms with E-state index in [4.69, 9.17) is 10.6 Å². The van der Waals surface area contributed by atoms with Gasteiger partial charge in [-0.3, -0.25) is 4.79 Å². The van der Waals surface area contributed by atoms with Gasteiger partial charge < -0.3 is 10.6 Å². The molecule has 4 heteroatoms. The highest BCUT2D eigenvalue weighted by Gasteiger charge is 2.30. The van der Waals surface area contributed by atoms with Crippen LogP contribution in [0.2, 0.25) is 0 Å². The summed E-state index contributed by atoms with van der Waals surface area (Å²) < 4.78 is 5.16. The molecule has 1 fully saturated rings. The standard InChI is InChI=1S/C18H24N2O2/c1-2-16-11-12-22-18(21)17(16)6-4-3-5-14-7-9-15(10-8-14)13-20-19/h2,7-10,13,16-17H,1,3-6,11-12,19H2. The zero-order valence-corrected chi connectivity index (χ0v) is 12.9. The molecular formula is C18H24N2O2. The van der Waals surface area contributed by atoms with E-state index in [1.54, 1.807) is 6.21 Å². The third kappa shape index (κ3) is 4.45. The van der Waals surface area contributed by atoms with Crippen LogP contribution < -0.4 is 5.84 Å². The van der Waals surface area contributed by atoms with Crippen molar-refractivity contribution in [3.8, 4) is 0 Å². The van der Waals surface area contributed by atoms with Crippen molar-refractivity contribution in [1.29, 1.82) is 0 Å². The molecule has 1 aromatic rings. The van der Waals surface area contributed by atoms with Gasteiger partial charge in [-0.25, -0.2) is 0 Å². The van der Waals surface area contributed by atoms with Crippen molar-refractivity contribution in [3.63, 3.8) is 0 Å². The monoisotopic (exact) mass is 300 g/mol. The second-order valence-corrected chi connectivity index (χ2v) is 5.73. The van der Waals surface area contributed by atoms with E-state index in [2.05, 4.69) is 23.8 Å². The summed E-state index contributed by atoms with van der Waals surface area (Å²) in [5, 5.41) is 3.51. The summed E-state index contributed by atoms with van der Waals surface area (Å²) in [6.45, 7) is 4.37. The topological polar surface area (TPSA) is 64.7 Å². The predicted octanol–water partition coefficient (Wildman–Crippen LogP) is 3.06. The van der Waals surface area contributed by atoms with Crippen molar-refractivity contribution >= 4 is 12.2 Å². The number of unbranched alkanes of at least 4 members (excludes halogenated alkanes) is 1. The molecule has 0 saturated carbocycles. The van der Waals surface area contributed by atoms with Gasteiger partial charge in [-0.1, -0.05) is 36.8 Å². The summed E-state index contributed by atoms with van der Waals surface area (Å²) in [5.41, 5.74) is 2.30. The van der Waals surface area contributed by atoms with Crippen LogP contribution in [0.3, 0.4) is 0 Å². The van der Waals surface area contributed by atoms with E-state index >= 15 is 0 Å². The Bertz CT molecular complexity index is 522. The molecule has 2 N–H and O–H groups in total. The van der Waals surface area contributed by atoms with Crippen LogP contribution in [0.5, 0.6) is 0 Å². The molecule has 4 nitrogen and oxygen atoms in total. The molecule has 22 heavy (non-hydrogen) atoms. The molecule has 0 aromatic heterocycles. The Hall–Kier alpha value is -2.10. The number of cyclic esters (lactones) is 1. The van der Waals surface area contributed by atoms with Crippen molar-refractivity contribution in [2.45, 2.75) is 32.1 Å². The molecule has 1 aliphatic heterocycles. The number of hydrogen-bond acceptors (Lipinski definition) is 4. The summed E-state index contributed by atoms with van der Waals surface area (Å²) in [4.78, 5) is 11.8. The second-order valence-electron chi connectivity index (χ2n) is 5.73. The minimum Gasteiger partial charge on any atom is -0.465 e. The molecule has 2 atom stereocenters. The average molecular weight is 300 g/mol. The van der Waals surface area contributed by atoms with Crippen LogP contribution in [-0.4, -0.2) is 18.8 Å². The van der Waals surface area contributed by atoms with Crippen LogP contribution in [0.15, 0.2) is 42.0 Å². The highest BCUT2D eigenvalue weighted by Crippen LogP contribution is 2.28. The molecule has 1 aliphatic rings. The number of ether oxygens (including phenoxy) is 1. The van der Waals surface area contributed by atoms with Gasteiger partial charge in [0.25, 0.3) is 0 Å². The third-order valence-corrected chi connectivity index (χ3v) is 4.25. The van der Waals surface area contributed by atoms with E-state index in [1.807, 2.05) is 18.2 Å². The molecule has 2 rings (SSSR count). The number of esters is 1. The van der Waals surface area contributed by atoms with Crippen molar-refractivity contribution < 1.29 is 9.53 Å². The van der Waals surface area contributed by atoms with E-state index in [9.17, 15) is 4.79 Å². The number of allylic oxidation sites excluding steroid dienone is 1. The number of aryl methyl sites for hydroxylation is 1. The van der Waals surface area contributed by atoms with Crippen LogP contribution >= 0.6 is 0 Å². The number of hydrogen-bond donors (Lipinski definition) is 1. The highest BCUT2D eigenvalue weighted by molar-refractivity contribution is 5.79. The van der Waals surface area contributed by atoms with E-state index < -0.39 is 0 Å². The number of nitrogens with two attached hydrogens (primary N) is 1. The van der Waals surface area contributed by atoms with E-state index in [-0.39, 0.29) is 17.8 Å². The fourth-order valence-corrected chi connectivity index (χ4v) is 2.94. The fourth-order valence-electron chi connectivity index (χ4n) is 2.94. The number of nitrogens with zero attached hydrogens (tertiary/aromatic N) is 1. The van der Waals surface area contributed by atoms with Crippen molar-refractivity contribution in [2.75, 3.05) is 6.61 Å². The normalized spacial score (nSPS) is 21.7. The molecule has 0 aliphatic carbocycles. The van der Waals surface area contributed by atoms with Crippen LogP contribution in [0.25, 0.3) is 0 Å². The van der Waals surface area contributed by atoms with Gasteiger partial charge in [-0.2, -0.15) is 5.10 Å². The Morgan fingerprint density at radius 2 is 2.09 bits per heavy atom. The van der Waals surface area contributed by atoms with Crippen molar-refractivity contribution in [2.24, 2.45) is 22.8 Å². The first kappa shape index (κ1) is 16.3. The molecule has 0 spiro atoms. The van der Waals surface area contributed by atoms with Gasteiger partial charge in [-0.15, -0.1) is 6.58 Å². The first-order chi connectivity index (χ1) is 10.7. The van der Waals surface area contributed by atoms with Gasteiger partial charge in [0.15, 0.2) is 0 Å².